The Balaban J connectivity index is 3.19. The second-order valence-electron chi connectivity index (χ2n) is 2.79. The zero-order valence-corrected chi connectivity index (χ0v) is 8.88. The van der Waals surface area contributed by atoms with Gasteiger partial charge in [0.15, 0.2) is 0 Å². The van der Waals surface area contributed by atoms with Crippen LogP contribution in [0.2, 0.25) is 5.02 Å². The SMILES string of the molecule is COC(=O)C(=O)c1cccc(Cl)c1CN. The van der Waals surface area contributed by atoms with Crippen LogP contribution in [0.5, 0.6) is 0 Å². The normalized spacial score (nSPS) is 9.80. The van der Waals surface area contributed by atoms with E-state index in [1.54, 1.807) is 12.1 Å². The van der Waals surface area contributed by atoms with Gasteiger partial charge in [-0.25, -0.2) is 4.79 Å². The number of ketones is 1. The molecule has 0 heterocycles. The number of rotatable bonds is 3. The Bertz CT molecular complexity index is 404. The third-order valence-corrected chi connectivity index (χ3v) is 2.29. The van der Waals surface area contributed by atoms with E-state index in [1.807, 2.05) is 0 Å². The molecule has 15 heavy (non-hydrogen) atoms. The number of carbonyl (C=O) groups is 2. The van der Waals surface area contributed by atoms with Crippen LogP contribution in [0.15, 0.2) is 18.2 Å². The van der Waals surface area contributed by atoms with Crippen molar-refractivity contribution in [2.45, 2.75) is 6.54 Å². The first-order chi connectivity index (χ1) is 7.11. The van der Waals surface area contributed by atoms with Crippen LogP contribution in [0.4, 0.5) is 0 Å². The largest absolute Gasteiger partial charge is 0.463 e. The molecular formula is C10H10ClNO3. The lowest BCUT2D eigenvalue weighted by molar-refractivity contribution is -0.135. The zero-order valence-electron chi connectivity index (χ0n) is 8.12. The molecule has 0 aliphatic rings. The number of esters is 1. The predicted molar refractivity (Wildman–Crippen MR) is 55.7 cm³/mol. The molecule has 0 aromatic heterocycles. The van der Waals surface area contributed by atoms with Crippen LogP contribution in [0.1, 0.15) is 15.9 Å². The van der Waals surface area contributed by atoms with Crippen molar-refractivity contribution in [2.75, 3.05) is 7.11 Å². The fourth-order valence-electron chi connectivity index (χ4n) is 1.18. The van der Waals surface area contributed by atoms with Crippen molar-refractivity contribution >= 4 is 23.4 Å². The number of methoxy groups -OCH3 is 1. The molecule has 0 aliphatic heterocycles. The Morgan fingerprint density at radius 1 is 1.47 bits per heavy atom. The van der Waals surface area contributed by atoms with Crippen LogP contribution in [0.25, 0.3) is 0 Å². The summed E-state index contributed by atoms with van der Waals surface area (Å²) >= 11 is 5.84. The smallest absolute Gasteiger partial charge is 0.379 e. The first-order valence-electron chi connectivity index (χ1n) is 4.22. The summed E-state index contributed by atoms with van der Waals surface area (Å²) in [6, 6.07) is 4.68. The van der Waals surface area contributed by atoms with Crippen LogP contribution in [-0.2, 0) is 16.1 Å². The Morgan fingerprint density at radius 3 is 2.67 bits per heavy atom. The molecule has 0 fully saturated rings. The van der Waals surface area contributed by atoms with E-state index in [0.717, 1.165) is 7.11 Å². The molecule has 0 radical (unpaired) electrons. The van der Waals surface area contributed by atoms with Crippen molar-refractivity contribution in [2.24, 2.45) is 5.73 Å². The van der Waals surface area contributed by atoms with E-state index in [1.165, 1.54) is 6.07 Å². The Labute approximate surface area is 92.0 Å². The van der Waals surface area contributed by atoms with Gasteiger partial charge >= 0.3 is 5.97 Å². The highest BCUT2D eigenvalue weighted by molar-refractivity contribution is 6.42. The minimum absolute atomic E-state index is 0.0950. The number of halogens is 1. The summed E-state index contributed by atoms with van der Waals surface area (Å²) in [5, 5.41) is 0.368. The highest BCUT2D eigenvalue weighted by Gasteiger charge is 2.20. The van der Waals surface area contributed by atoms with Gasteiger partial charge in [0.25, 0.3) is 5.78 Å². The van der Waals surface area contributed by atoms with E-state index < -0.39 is 11.8 Å². The summed E-state index contributed by atoms with van der Waals surface area (Å²) in [5.74, 6) is -1.66. The lowest BCUT2D eigenvalue weighted by Crippen LogP contribution is -2.18. The highest BCUT2D eigenvalue weighted by atomic mass is 35.5. The quantitative estimate of drug-likeness (QED) is 0.478. The van der Waals surface area contributed by atoms with Crippen molar-refractivity contribution in [1.29, 1.82) is 0 Å². The van der Waals surface area contributed by atoms with Crippen LogP contribution < -0.4 is 5.73 Å². The zero-order chi connectivity index (χ0) is 11.4. The number of hydrogen-bond donors (Lipinski definition) is 1. The van der Waals surface area contributed by atoms with E-state index in [2.05, 4.69) is 4.74 Å². The first kappa shape index (κ1) is 11.7. The topological polar surface area (TPSA) is 69.4 Å². The minimum Gasteiger partial charge on any atom is -0.463 e. The van der Waals surface area contributed by atoms with E-state index in [0.29, 0.717) is 10.6 Å². The maximum atomic E-state index is 11.5. The summed E-state index contributed by atoms with van der Waals surface area (Å²) in [4.78, 5) is 22.6. The summed E-state index contributed by atoms with van der Waals surface area (Å²) in [5.41, 5.74) is 6.09. The van der Waals surface area contributed by atoms with Crippen molar-refractivity contribution in [3.63, 3.8) is 0 Å². The molecule has 0 saturated heterocycles. The molecule has 80 valence electrons. The van der Waals surface area contributed by atoms with Gasteiger partial charge in [0.1, 0.15) is 0 Å². The molecule has 0 aliphatic carbocycles. The number of ether oxygens (including phenoxy) is 1. The summed E-state index contributed by atoms with van der Waals surface area (Å²) in [7, 11) is 1.15. The fraction of sp³-hybridized carbons (Fsp3) is 0.200. The van der Waals surface area contributed by atoms with Gasteiger partial charge in [-0.05, 0) is 11.6 Å². The summed E-state index contributed by atoms with van der Waals surface area (Å²) in [6.07, 6.45) is 0. The van der Waals surface area contributed by atoms with Crippen LogP contribution >= 0.6 is 11.6 Å². The molecule has 5 heteroatoms. The number of hydrogen-bond acceptors (Lipinski definition) is 4. The first-order valence-corrected chi connectivity index (χ1v) is 4.59. The van der Waals surface area contributed by atoms with E-state index >= 15 is 0 Å². The van der Waals surface area contributed by atoms with E-state index in [9.17, 15) is 9.59 Å². The van der Waals surface area contributed by atoms with Gasteiger partial charge in [-0.3, -0.25) is 4.79 Å². The Hall–Kier alpha value is -1.39. The third-order valence-electron chi connectivity index (χ3n) is 1.94. The van der Waals surface area contributed by atoms with Gasteiger partial charge in [0, 0.05) is 17.1 Å². The number of nitrogens with two attached hydrogens (primary N) is 1. The lowest BCUT2D eigenvalue weighted by atomic mass is 10.0. The highest BCUT2D eigenvalue weighted by Crippen LogP contribution is 2.20. The molecule has 1 aromatic carbocycles. The molecule has 1 rings (SSSR count). The van der Waals surface area contributed by atoms with Gasteiger partial charge < -0.3 is 10.5 Å². The second kappa shape index (κ2) is 4.91. The molecular weight excluding hydrogens is 218 g/mol. The number of carbonyl (C=O) groups excluding carboxylic acids is 2. The van der Waals surface area contributed by atoms with Crippen LogP contribution in [-0.4, -0.2) is 18.9 Å². The number of benzene rings is 1. The molecule has 0 atom stereocenters. The molecule has 0 bridgehead atoms. The molecule has 1 aromatic rings. The maximum Gasteiger partial charge on any atom is 0.379 e. The van der Waals surface area contributed by atoms with Crippen molar-refractivity contribution in [1.82, 2.24) is 0 Å². The van der Waals surface area contributed by atoms with Crippen molar-refractivity contribution in [3.05, 3.63) is 34.3 Å². The van der Waals surface area contributed by atoms with Crippen LogP contribution in [0, 0.1) is 0 Å². The summed E-state index contributed by atoms with van der Waals surface area (Å²) < 4.78 is 4.33. The fourth-order valence-corrected chi connectivity index (χ4v) is 1.43. The van der Waals surface area contributed by atoms with Gasteiger partial charge in [-0.1, -0.05) is 23.7 Å². The Morgan fingerprint density at radius 2 is 2.13 bits per heavy atom. The average Bonchev–Trinajstić information content (AvgIpc) is 2.26. The third kappa shape index (κ3) is 2.34. The predicted octanol–water partition coefficient (Wildman–Crippen LogP) is 1.15. The Kier molecular flexibility index (Phi) is 3.82. The van der Waals surface area contributed by atoms with Crippen LogP contribution in [0.3, 0.4) is 0 Å². The average molecular weight is 228 g/mol. The maximum absolute atomic E-state index is 11.5. The molecule has 0 saturated carbocycles. The standard InChI is InChI=1S/C10H10ClNO3/c1-15-10(14)9(13)6-3-2-4-8(11)7(6)5-12/h2-4H,5,12H2,1H3. The van der Waals surface area contributed by atoms with Crippen molar-refractivity contribution in [3.8, 4) is 0 Å². The van der Waals surface area contributed by atoms with Gasteiger partial charge in [-0.2, -0.15) is 0 Å². The molecule has 0 amide bonds. The van der Waals surface area contributed by atoms with E-state index in [4.69, 9.17) is 17.3 Å². The van der Waals surface area contributed by atoms with Crippen molar-refractivity contribution < 1.29 is 14.3 Å². The molecule has 0 spiro atoms. The lowest BCUT2D eigenvalue weighted by Gasteiger charge is -2.06. The van der Waals surface area contributed by atoms with Gasteiger partial charge in [0.05, 0.1) is 7.11 Å². The monoisotopic (exact) mass is 227 g/mol. The minimum atomic E-state index is -0.924. The van der Waals surface area contributed by atoms with E-state index in [-0.39, 0.29) is 12.1 Å². The van der Waals surface area contributed by atoms with Gasteiger partial charge in [-0.15, -0.1) is 0 Å². The number of Topliss-reactive ketones (excluding diaryl/α,β-unsaturated/α-hetero) is 1. The molecule has 4 nitrogen and oxygen atoms in total. The summed E-state index contributed by atoms with van der Waals surface area (Å²) in [6.45, 7) is 0.0950. The second-order valence-corrected chi connectivity index (χ2v) is 3.20. The molecule has 0 unspecified atom stereocenters. The van der Waals surface area contributed by atoms with Gasteiger partial charge in [0.2, 0.25) is 0 Å². The molecule has 2 N–H and O–H groups in total.